The van der Waals surface area contributed by atoms with Crippen LogP contribution in [0.25, 0.3) is 0 Å². The molecule has 1 aliphatic rings. The van der Waals surface area contributed by atoms with Gasteiger partial charge in [-0.05, 0) is 17.7 Å². The Kier molecular flexibility index (Phi) is 3.29. The fraction of sp³-hybridized carbons (Fsp3) is 0.188. The molecule has 2 aromatic rings. The number of hydrogen-bond donors (Lipinski definition) is 2. The van der Waals surface area contributed by atoms with Gasteiger partial charge in [-0.25, -0.2) is 4.79 Å². The van der Waals surface area contributed by atoms with Crippen molar-refractivity contribution in [2.24, 2.45) is 0 Å². The van der Waals surface area contributed by atoms with Crippen LogP contribution in [0.4, 0.5) is 10.5 Å². The smallest absolute Gasteiger partial charge is 0.319 e. The van der Waals surface area contributed by atoms with E-state index in [1.54, 1.807) is 7.11 Å². The summed E-state index contributed by atoms with van der Waals surface area (Å²) in [5.41, 5.74) is 3.01. The lowest BCUT2D eigenvalue weighted by Crippen LogP contribution is -2.29. The summed E-state index contributed by atoms with van der Waals surface area (Å²) in [6, 6.07) is 15.6. The first-order valence-corrected chi connectivity index (χ1v) is 6.56. The molecule has 1 heterocycles. The number of methoxy groups -OCH3 is 1. The van der Waals surface area contributed by atoms with Crippen LogP contribution in [-0.2, 0) is 0 Å². The zero-order valence-electron chi connectivity index (χ0n) is 11.2. The molecule has 1 atom stereocenters. The molecule has 0 aromatic heterocycles. The Balaban J connectivity index is 2.11. The van der Waals surface area contributed by atoms with E-state index in [9.17, 15) is 4.79 Å². The maximum absolute atomic E-state index is 11.7. The van der Waals surface area contributed by atoms with Gasteiger partial charge in [0, 0.05) is 23.7 Å². The molecule has 4 nitrogen and oxygen atoms in total. The van der Waals surface area contributed by atoms with E-state index in [1.807, 2.05) is 48.5 Å². The predicted molar refractivity (Wildman–Crippen MR) is 78.3 cm³/mol. The highest BCUT2D eigenvalue weighted by atomic mass is 16.5. The van der Waals surface area contributed by atoms with Gasteiger partial charge in [0.15, 0.2) is 0 Å². The Morgan fingerprint density at radius 2 is 1.75 bits per heavy atom. The third-order valence-electron chi connectivity index (χ3n) is 3.57. The standard InChI is InChI=1S/C16H16N2O2/c1-20-15-9-5-3-7-12(15)13-10-17-16(19)18-14-8-4-2-6-11(13)14/h2-9,13H,10H2,1H3,(H2,17,18,19). The third-order valence-corrected chi connectivity index (χ3v) is 3.57. The van der Waals surface area contributed by atoms with Crippen molar-refractivity contribution in [3.05, 3.63) is 59.7 Å². The lowest BCUT2D eigenvalue weighted by atomic mass is 9.89. The normalized spacial score (nSPS) is 17.4. The summed E-state index contributed by atoms with van der Waals surface area (Å²) in [7, 11) is 1.66. The van der Waals surface area contributed by atoms with E-state index in [0.717, 1.165) is 22.6 Å². The van der Waals surface area contributed by atoms with Gasteiger partial charge in [-0.1, -0.05) is 36.4 Å². The van der Waals surface area contributed by atoms with Crippen molar-refractivity contribution in [3.8, 4) is 5.75 Å². The minimum atomic E-state index is -0.171. The van der Waals surface area contributed by atoms with Gasteiger partial charge in [-0.3, -0.25) is 0 Å². The summed E-state index contributed by atoms with van der Waals surface area (Å²) in [4.78, 5) is 11.7. The molecule has 20 heavy (non-hydrogen) atoms. The second-order valence-corrected chi connectivity index (χ2v) is 4.72. The first-order chi connectivity index (χ1) is 9.79. The maximum atomic E-state index is 11.7. The molecule has 0 spiro atoms. The van der Waals surface area contributed by atoms with E-state index in [2.05, 4.69) is 10.6 Å². The third kappa shape index (κ3) is 2.20. The number of amides is 2. The molecular formula is C16H16N2O2. The van der Waals surface area contributed by atoms with Crippen LogP contribution in [0.3, 0.4) is 0 Å². The van der Waals surface area contributed by atoms with E-state index >= 15 is 0 Å². The SMILES string of the molecule is COc1ccccc1C1CNC(=O)Nc2ccccc21. The maximum Gasteiger partial charge on any atom is 0.319 e. The number of nitrogens with one attached hydrogen (secondary N) is 2. The molecule has 2 N–H and O–H groups in total. The van der Waals surface area contributed by atoms with Crippen molar-refractivity contribution < 1.29 is 9.53 Å². The Morgan fingerprint density at radius 1 is 1.05 bits per heavy atom. The van der Waals surface area contributed by atoms with Crippen LogP contribution in [0.1, 0.15) is 17.0 Å². The second-order valence-electron chi connectivity index (χ2n) is 4.72. The average Bonchev–Trinajstić information content (AvgIpc) is 2.65. The van der Waals surface area contributed by atoms with Crippen LogP contribution in [0.2, 0.25) is 0 Å². The van der Waals surface area contributed by atoms with Crippen LogP contribution in [0.5, 0.6) is 5.75 Å². The molecule has 0 saturated carbocycles. The van der Waals surface area contributed by atoms with Crippen molar-refractivity contribution in [1.82, 2.24) is 5.32 Å². The van der Waals surface area contributed by atoms with Gasteiger partial charge in [0.1, 0.15) is 5.75 Å². The van der Waals surface area contributed by atoms with E-state index in [0.29, 0.717) is 6.54 Å². The minimum Gasteiger partial charge on any atom is -0.496 e. The second kappa shape index (κ2) is 5.25. The quantitative estimate of drug-likeness (QED) is 0.879. The summed E-state index contributed by atoms with van der Waals surface area (Å²) >= 11 is 0. The molecule has 1 unspecified atom stereocenters. The molecule has 2 aromatic carbocycles. The van der Waals surface area contributed by atoms with Crippen LogP contribution in [-0.4, -0.2) is 19.7 Å². The molecule has 0 saturated heterocycles. The topological polar surface area (TPSA) is 50.4 Å². The zero-order valence-corrected chi connectivity index (χ0v) is 11.2. The fourth-order valence-corrected chi connectivity index (χ4v) is 2.62. The highest BCUT2D eigenvalue weighted by molar-refractivity contribution is 5.91. The summed E-state index contributed by atoms with van der Waals surface area (Å²) in [6.45, 7) is 0.545. The molecule has 1 aliphatic heterocycles. The number of benzene rings is 2. The number of ether oxygens (including phenoxy) is 1. The Morgan fingerprint density at radius 3 is 2.55 bits per heavy atom. The highest BCUT2D eigenvalue weighted by Gasteiger charge is 2.24. The molecule has 0 fully saturated rings. The Hall–Kier alpha value is -2.49. The van der Waals surface area contributed by atoms with Crippen molar-refractivity contribution in [2.45, 2.75) is 5.92 Å². The number of carbonyl (C=O) groups excluding carboxylic acids is 1. The molecule has 3 rings (SSSR count). The number of carbonyl (C=O) groups is 1. The van der Waals surface area contributed by atoms with Crippen LogP contribution in [0, 0.1) is 0 Å². The Bertz CT molecular complexity index is 640. The van der Waals surface area contributed by atoms with Crippen LogP contribution < -0.4 is 15.4 Å². The number of hydrogen-bond acceptors (Lipinski definition) is 2. The lowest BCUT2D eigenvalue weighted by molar-refractivity contribution is 0.252. The number of para-hydroxylation sites is 2. The van der Waals surface area contributed by atoms with Crippen molar-refractivity contribution in [1.29, 1.82) is 0 Å². The fourth-order valence-electron chi connectivity index (χ4n) is 2.62. The first kappa shape index (κ1) is 12.5. The minimum absolute atomic E-state index is 0.0706. The van der Waals surface area contributed by atoms with Gasteiger partial charge in [-0.2, -0.15) is 0 Å². The molecule has 2 amide bonds. The van der Waals surface area contributed by atoms with E-state index in [-0.39, 0.29) is 11.9 Å². The molecule has 102 valence electrons. The van der Waals surface area contributed by atoms with Gasteiger partial charge in [0.2, 0.25) is 0 Å². The van der Waals surface area contributed by atoms with E-state index in [4.69, 9.17) is 4.74 Å². The highest BCUT2D eigenvalue weighted by Crippen LogP contribution is 2.35. The van der Waals surface area contributed by atoms with Gasteiger partial charge < -0.3 is 15.4 Å². The van der Waals surface area contributed by atoms with Crippen LogP contribution >= 0.6 is 0 Å². The van der Waals surface area contributed by atoms with Gasteiger partial charge >= 0.3 is 6.03 Å². The molecular weight excluding hydrogens is 252 g/mol. The number of urea groups is 1. The monoisotopic (exact) mass is 268 g/mol. The van der Waals surface area contributed by atoms with Crippen molar-refractivity contribution >= 4 is 11.7 Å². The summed E-state index contributed by atoms with van der Waals surface area (Å²) in [5.74, 6) is 0.907. The molecule has 0 aliphatic carbocycles. The predicted octanol–water partition coefficient (Wildman–Crippen LogP) is 2.96. The molecule has 0 radical (unpaired) electrons. The summed E-state index contributed by atoms with van der Waals surface area (Å²) in [6.07, 6.45) is 0. The lowest BCUT2D eigenvalue weighted by Gasteiger charge is -2.19. The number of fused-ring (bicyclic) bond motifs is 1. The van der Waals surface area contributed by atoms with Crippen molar-refractivity contribution in [2.75, 3.05) is 19.0 Å². The van der Waals surface area contributed by atoms with Gasteiger partial charge in [-0.15, -0.1) is 0 Å². The summed E-state index contributed by atoms with van der Waals surface area (Å²) < 4.78 is 5.45. The molecule has 0 bridgehead atoms. The summed E-state index contributed by atoms with van der Waals surface area (Å²) in [5, 5.41) is 5.75. The largest absolute Gasteiger partial charge is 0.496 e. The Labute approximate surface area is 117 Å². The van der Waals surface area contributed by atoms with Crippen molar-refractivity contribution in [3.63, 3.8) is 0 Å². The first-order valence-electron chi connectivity index (χ1n) is 6.56. The van der Waals surface area contributed by atoms with E-state index in [1.165, 1.54) is 0 Å². The average molecular weight is 268 g/mol. The zero-order chi connectivity index (χ0) is 13.9. The van der Waals surface area contributed by atoms with Gasteiger partial charge in [0.05, 0.1) is 7.11 Å². The van der Waals surface area contributed by atoms with E-state index < -0.39 is 0 Å². The molecule has 4 heteroatoms. The van der Waals surface area contributed by atoms with Gasteiger partial charge in [0.25, 0.3) is 0 Å². The number of anilines is 1. The van der Waals surface area contributed by atoms with Crippen LogP contribution in [0.15, 0.2) is 48.5 Å². The number of rotatable bonds is 2.